The van der Waals surface area contributed by atoms with E-state index in [0.717, 1.165) is 13.1 Å². The number of hydrogen-bond donors (Lipinski definition) is 1. The maximum atomic E-state index is 10.9. The quantitative estimate of drug-likeness (QED) is 0.796. The maximum Gasteiger partial charge on any atom is 0.317 e. The largest absolute Gasteiger partial charge is 0.480 e. The minimum absolute atomic E-state index is 0.0752. The zero-order chi connectivity index (χ0) is 12.9. The van der Waals surface area contributed by atoms with Crippen molar-refractivity contribution in [3.05, 3.63) is 0 Å². The van der Waals surface area contributed by atoms with Gasteiger partial charge in [-0.3, -0.25) is 9.69 Å². The van der Waals surface area contributed by atoms with Gasteiger partial charge in [-0.2, -0.15) is 0 Å². The summed E-state index contributed by atoms with van der Waals surface area (Å²) >= 11 is 0. The molecule has 0 aliphatic carbocycles. The van der Waals surface area contributed by atoms with Crippen LogP contribution in [0.2, 0.25) is 0 Å². The average Bonchev–Trinajstić information content (AvgIpc) is 2.23. The fourth-order valence-electron chi connectivity index (χ4n) is 2.26. The number of aliphatic carboxylic acids is 1. The highest BCUT2D eigenvalue weighted by atomic mass is 16.4. The van der Waals surface area contributed by atoms with Crippen molar-refractivity contribution in [3.63, 3.8) is 0 Å². The standard InChI is InChI=1S/C13H26N2O2/c1-13(2,3)15(11-12(16)17)10-9-14-7-5-4-6-8-14/h4-11H2,1-3H3,(H,16,17). The molecule has 0 amide bonds. The Bertz CT molecular complexity index is 242. The molecule has 4 heteroatoms. The molecule has 0 spiro atoms. The van der Waals surface area contributed by atoms with Gasteiger partial charge < -0.3 is 10.0 Å². The molecule has 1 saturated heterocycles. The van der Waals surface area contributed by atoms with Gasteiger partial charge in [0.2, 0.25) is 0 Å². The molecule has 1 N–H and O–H groups in total. The highest BCUT2D eigenvalue weighted by Crippen LogP contribution is 2.14. The van der Waals surface area contributed by atoms with E-state index < -0.39 is 5.97 Å². The number of carboxylic acid groups (broad SMARTS) is 1. The molecule has 4 nitrogen and oxygen atoms in total. The molecule has 0 aromatic rings. The van der Waals surface area contributed by atoms with Crippen LogP contribution in [0.25, 0.3) is 0 Å². The summed E-state index contributed by atoms with van der Waals surface area (Å²) in [5.74, 6) is -0.737. The molecule has 1 fully saturated rings. The van der Waals surface area contributed by atoms with Crippen molar-refractivity contribution in [2.24, 2.45) is 0 Å². The van der Waals surface area contributed by atoms with Crippen LogP contribution in [0.15, 0.2) is 0 Å². The Morgan fingerprint density at radius 1 is 1.24 bits per heavy atom. The molecule has 0 bridgehead atoms. The van der Waals surface area contributed by atoms with Gasteiger partial charge in [0.05, 0.1) is 6.54 Å². The normalized spacial score (nSPS) is 18.6. The van der Waals surface area contributed by atoms with Crippen LogP contribution in [0.5, 0.6) is 0 Å². The van der Waals surface area contributed by atoms with Gasteiger partial charge in [-0.1, -0.05) is 6.42 Å². The molecular weight excluding hydrogens is 216 g/mol. The number of hydrogen-bond acceptors (Lipinski definition) is 3. The van der Waals surface area contributed by atoms with Crippen molar-refractivity contribution in [1.82, 2.24) is 9.80 Å². The van der Waals surface area contributed by atoms with Gasteiger partial charge in [0, 0.05) is 18.6 Å². The highest BCUT2D eigenvalue weighted by molar-refractivity contribution is 5.69. The third-order valence-electron chi connectivity index (χ3n) is 3.41. The molecule has 0 aromatic heterocycles. The number of carboxylic acids is 1. The SMILES string of the molecule is CC(C)(C)N(CCN1CCCCC1)CC(=O)O. The zero-order valence-electron chi connectivity index (χ0n) is 11.4. The van der Waals surface area contributed by atoms with Crippen molar-refractivity contribution in [2.45, 2.75) is 45.6 Å². The van der Waals surface area contributed by atoms with E-state index in [1.54, 1.807) is 0 Å². The molecule has 1 heterocycles. The smallest absolute Gasteiger partial charge is 0.317 e. The van der Waals surface area contributed by atoms with Gasteiger partial charge in [0.25, 0.3) is 0 Å². The fourth-order valence-corrected chi connectivity index (χ4v) is 2.26. The Balaban J connectivity index is 2.40. The number of likely N-dealkylation sites (tertiary alicyclic amines) is 1. The third-order valence-corrected chi connectivity index (χ3v) is 3.41. The lowest BCUT2D eigenvalue weighted by Crippen LogP contribution is -2.48. The number of piperidine rings is 1. The van der Waals surface area contributed by atoms with Crippen LogP contribution in [0, 0.1) is 0 Å². The number of rotatable bonds is 5. The second-order valence-electron chi connectivity index (χ2n) is 5.89. The van der Waals surface area contributed by atoms with Gasteiger partial charge in [-0.25, -0.2) is 0 Å². The summed E-state index contributed by atoms with van der Waals surface area (Å²) in [6.07, 6.45) is 3.91. The zero-order valence-corrected chi connectivity index (χ0v) is 11.4. The van der Waals surface area contributed by atoms with E-state index in [1.165, 1.54) is 32.4 Å². The summed E-state index contributed by atoms with van der Waals surface area (Å²) in [7, 11) is 0. The Kier molecular flexibility index (Phi) is 5.40. The number of nitrogens with zero attached hydrogens (tertiary/aromatic N) is 2. The van der Waals surface area contributed by atoms with E-state index in [2.05, 4.69) is 25.7 Å². The monoisotopic (exact) mass is 242 g/mol. The first-order chi connectivity index (χ1) is 7.89. The topological polar surface area (TPSA) is 43.8 Å². The third kappa shape index (κ3) is 5.50. The minimum atomic E-state index is -0.737. The van der Waals surface area contributed by atoms with Gasteiger partial charge in [-0.05, 0) is 46.7 Å². The summed E-state index contributed by atoms with van der Waals surface area (Å²) in [4.78, 5) is 15.3. The average molecular weight is 242 g/mol. The van der Waals surface area contributed by atoms with E-state index in [4.69, 9.17) is 5.11 Å². The van der Waals surface area contributed by atoms with E-state index >= 15 is 0 Å². The Labute approximate surface area is 105 Å². The summed E-state index contributed by atoms with van der Waals surface area (Å²) in [5.41, 5.74) is -0.0752. The lowest BCUT2D eigenvalue weighted by Gasteiger charge is -2.36. The first-order valence-corrected chi connectivity index (χ1v) is 6.59. The van der Waals surface area contributed by atoms with Crippen LogP contribution < -0.4 is 0 Å². The molecular formula is C13H26N2O2. The lowest BCUT2D eigenvalue weighted by atomic mass is 10.1. The Morgan fingerprint density at radius 3 is 2.29 bits per heavy atom. The van der Waals surface area contributed by atoms with Crippen molar-refractivity contribution >= 4 is 5.97 Å². The maximum absolute atomic E-state index is 10.9. The van der Waals surface area contributed by atoms with Crippen LogP contribution in [-0.2, 0) is 4.79 Å². The predicted molar refractivity (Wildman–Crippen MR) is 69.3 cm³/mol. The minimum Gasteiger partial charge on any atom is -0.480 e. The van der Waals surface area contributed by atoms with Gasteiger partial charge in [0.1, 0.15) is 0 Å². The second-order valence-corrected chi connectivity index (χ2v) is 5.89. The van der Waals surface area contributed by atoms with Gasteiger partial charge in [0.15, 0.2) is 0 Å². The summed E-state index contributed by atoms with van der Waals surface area (Å²) in [6, 6.07) is 0. The highest BCUT2D eigenvalue weighted by Gasteiger charge is 2.24. The molecule has 1 aliphatic heterocycles. The molecule has 17 heavy (non-hydrogen) atoms. The molecule has 0 aromatic carbocycles. The van der Waals surface area contributed by atoms with Crippen molar-refractivity contribution in [3.8, 4) is 0 Å². The summed E-state index contributed by atoms with van der Waals surface area (Å²) < 4.78 is 0. The van der Waals surface area contributed by atoms with Gasteiger partial charge in [-0.15, -0.1) is 0 Å². The van der Waals surface area contributed by atoms with Crippen molar-refractivity contribution < 1.29 is 9.90 Å². The molecule has 0 saturated carbocycles. The van der Waals surface area contributed by atoms with Crippen LogP contribution in [0.1, 0.15) is 40.0 Å². The molecule has 1 rings (SSSR count). The van der Waals surface area contributed by atoms with Crippen LogP contribution in [-0.4, -0.2) is 59.1 Å². The molecule has 0 unspecified atom stereocenters. The molecule has 1 aliphatic rings. The van der Waals surface area contributed by atoms with E-state index in [1.807, 2.05) is 4.90 Å². The fraction of sp³-hybridized carbons (Fsp3) is 0.923. The van der Waals surface area contributed by atoms with E-state index in [-0.39, 0.29) is 12.1 Å². The number of carbonyl (C=O) groups is 1. The predicted octanol–water partition coefficient (Wildman–Crippen LogP) is 1.66. The first kappa shape index (κ1) is 14.5. The summed E-state index contributed by atoms with van der Waals surface area (Å²) in [5, 5.41) is 8.93. The van der Waals surface area contributed by atoms with Crippen LogP contribution >= 0.6 is 0 Å². The van der Waals surface area contributed by atoms with Crippen molar-refractivity contribution in [1.29, 1.82) is 0 Å². The van der Waals surface area contributed by atoms with E-state index in [9.17, 15) is 4.79 Å². The lowest BCUT2D eigenvalue weighted by molar-refractivity contribution is -0.139. The molecule has 100 valence electrons. The summed E-state index contributed by atoms with van der Waals surface area (Å²) in [6.45, 7) is 10.5. The Hall–Kier alpha value is -0.610. The van der Waals surface area contributed by atoms with E-state index in [0.29, 0.717) is 0 Å². The van der Waals surface area contributed by atoms with Gasteiger partial charge >= 0.3 is 5.97 Å². The molecule has 0 atom stereocenters. The van der Waals surface area contributed by atoms with Crippen LogP contribution in [0.3, 0.4) is 0 Å². The molecule has 0 radical (unpaired) electrons. The van der Waals surface area contributed by atoms with Crippen LogP contribution in [0.4, 0.5) is 0 Å². The van der Waals surface area contributed by atoms with Crippen molar-refractivity contribution in [2.75, 3.05) is 32.7 Å². The first-order valence-electron chi connectivity index (χ1n) is 6.59. The Morgan fingerprint density at radius 2 is 1.82 bits per heavy atom. The second kappa shape index (κ2) is 6.36.